The molecule has 0 saturated carbocycles. The van der Waals surface area contributed by atoms with Gasteiger partial charge in [-0.15, -0.1) is 0 Å². The zero-order valence-electron chi connectivity index (χ0n) is 36.2. The Kier molecular flexibility index (Phi) is 11.9. The summed E-state index contributed by atoms with van der Waals surface area (Å²) in [6.45, 7) is 6.83. The Morgan fingerprint density at radius 1 is 0.667 bits per heavy atom. The molecule has 2 aliphatic rings. The summed E-state index contributed by atoms with van der Waals surface area (Å²) >= 11 is 0. The number of nitrogens with two attached hydrogens (primary N) is 1. The van der Waals surface area contributed by atoms with E-state index in [-0.39, 0.29) is 30.3 Å². The van der Waals surface area contributed by atoms with Gasteiger partial charge in [-0.05, 0) is 111 Å². The number of benzene rings is 4. The molecule has 4 aromatic heterocycles. The van der Waals surface area contributed by atoms with Crippen molar-refractivity contribution in [2.24, 2.45) is 0 Å². The van der Waals surface area contributed by atoms with Crippen LogP contribution in [0.1, 0.15) is 44.2 Å². The molecule has 4 aromatic carbocycles. The minimum atomic E-state index is -0.185. The molecule has 332 valence electrons. The predicted molar refractivity (Wildman–Crippen MR) is 252 cm³/mol. The number of carbonyl (C=O) groups is 2. The van der Waals surface area contributed by atoms with Crippen LogP contribution in [0.4, 0.5) is 11.6 Å². The zero-order valence-corrected chi connectivity index (χ0v) is 36.2. The number of fused-ring (bicyclic) bond motifs is 2. The van der Waals surface area contributed by atoms with E-state index in [1.165, 1.54) is 18.7 Å². The second kappa shape index (κ2) is 18.6. The molecule has 16 nitrogen and oxygen atoms in total. The van der Waals surface area contributed by atoms with Gasteiger partial charge in [0.15, 0.2) is 11.3 Å². The van der Waals surface area contributed by atoms with Gasteiger partial charge in [-0.1, -0.05) is 43.0 Å². The first-order valence-electron chi connectivity index (χ1n) is 22.2. The highest BCUT2D eigenvalue weighted by molar-refractivity contribution is 6.04. The fourth-order valence-corrected chi connectivity index (χ4v) is 8.96. The van der Waals surface area contributed by atoms with Crippen LogP contribution in [-0.4, -0.2) is 93.8 Å². The van der Waals surface area contributed by atoms with Crippen LogP contribution < -0.4 is 20.5 Å². The fourth-order valence-electron chi connectivity index (χ4n) is 8.96. The van der Waals surface area contributed by atoms with E-state index in [2.05, 4.69) is 31.7 Å². The monoisotopic (exact) mass is 880 g/mol. The Hall–Kier alpha value is -7.98. The van der Waals surface area contributed by atoms with Gasteiger partial charge in [-0.25, -0.2) is 29.3 Å². The number of rotatable bonds is 13. The lowest BCUT2D eigenvalue weighted by Gasteiger charge is -2.32. The number of hydrogen-bond acceptors (Lipinski definition) is 12. The maximum atomic E-state index is 13.9. The summed E-state index contributed by atoms with van der Waals surface area (Å²) in [5.74, 6) is 3.28. The van der Waals surface area contributed by atoms with Gasteiger partial charge in [0, 0.05) is 43.7 Å². The van der Waals surface area contributed by atoms with Crippen molar-refractivity contribution in [2.45, 2.75) is 44.2 Å². The number of piperidine rings is 2. The third-order valence-electron chi connectivity index (χ3n) is 12.2. The number of hydrogen-bond donors (Lipinski definition) is 2. The molecule has 3 N–H and O–H groups in total. The molecule has 66 heavy (non-hydrogen) atoms. The van der Waals surface area contributed by atoms with Gasteiger partial charge >= 0.3 is 0 Å². The van der Waals surface area contributed by atoms with Gasteiger partial charge in [0.1, 0.15) is 58.7 Å². The van der Waals surface area contributed by atoms with Gasteiger partial charge in [-0.2, -0.15) is 10.2 Å². The molecule has 10 rings (SSSR count). The Labute approximate surface area is 380 Å². The molecule has 6 heterocycles. The number of likely N-dealkylation sites (tertiary alicyclic amines) is 2. The number of anilines is 2. The smallest absolute Gasteiger partial charge is 0.246 e. The van der Waals surface area contributed by atoms with Crippen LogP contribution in [0.3, 0.4) is 0 Å². The third kappa shape index (κ3) is 8.77. The van der Waals surface area contributed by atoms with Crippen LogP contribution in [0.5, 0.6) is 23.0 Å². The average Bonchev–Trinajstić information content (AvgIpc) is 3.96. The molecule has 2 atom stereocenters. The van der Waals surface area contributed by atoms with Crippen LogP contribution >= 0.6 is 0 Å². The predicted octanol–water partition coefficient (Wildman–Crippen LogP) is 8.48. The molecule has 0 spiro atoms. The molecule has 16 heteroatoms. The standard InChI is InChI=1S/C50H48N12O4/c1-2-42(64)60-27-10-12-36(30-60)62-50-44(46(58-62)34-19-23-40(24-20-34)66-38-15-7-4-8-16-38)48(53-32-55-50)56-41(63)25-28-59-26-9-11-35(29-59)61-49-43(47(51)52-31-54-49)45(57-61)33-17-21-39(22-18-33)65-37-13-5-3-6-14-37/h2-8,13-24,31-32,35-36H,1,9-12,25-30H2,(H2,51,52,54)(H,53,55,56,63). The van der Waals surface area contributed by atoms with Gasteiger partial charge in [0.25, 0.3) is 0 Å². The van der Waals surface area contributed by atoms with E-state index in [1.807, 2.05) is 119 Å². The number of carbonyl (C=O) groups excluding carboxylic acids is 2. The number of amides is 2. The van der Waals surface area contributed by atoms with Crippen molar-refractivity contribution in [3.05, 3.63) is 135 Å². The molecular formula is C50H48N12O4. The molecule has 0 aliphatic carbocycles. The first kappa shape index (κ1) is 42.0. The molecule has 2 amide bonds. The first-order valence-corrected chi connectivity index (χ1v) is 22.2. The number of ether oxygens (including phenoxy) is 2. The number of nitrogen functional groups attached to an aromatic ring is 1. The van der Waals surface area contributed by atoms with E-state index in [4.69, 9.17) is 30.4 Å². The van der Waals surface area contributed by atoms with Gasteiger partial charge in [-0.3, -0.25) is 9.59 Å². The van der Waals surface area contributed by atoms with E-state index in [9.17, 15) is 9.59 Å². The Balaban J connectivity index is 0.870. The highest BCUT2D eigenvalue weighted by Crippen LogP contribution is 2.38. The fraction of sp³-hybridized carbons (Fsp3) is 0.240. The molecule has 0 radical (unpaired) electrons. The van der Waals surface area contributed by atoms with E-state index in [0.717, 1.165) is 54.9 Å². The topological polar surface area (TPSA) is 184 Å². The molecular weight excluding hydrogens is 833 g/mol. The van der Waals surface area contributed by atoms with Crippen molar-refractivity contribution in [1.29, 1.82) is 0 Å². The van der Waals surface area contributed by atoms with E-state index in [1.54, 1.807) is 4.90 Å². The molecule has 2 saturated heterocycles. The van der Waals surface area contributed by atoms with Crippen molar-refractivity contribution < 1.29 is 19.1 Å². The van der Waals surface area contributed by atoms with E-state index in [0.29, 0.717) is 82.8 Å². The molecule has 2 unspecified atom stereocenters. The Morgan fingerprint density at radius 3 is 1.80 bits per heavy atom. The number of nitrogens with zero attached hydrogens (tertiary/aromatic N) is 10. The second-order valence-electron chi connectivity index (χ2n) is 16.5. The normalized spacial score (nSPS) is 16.6. The molecule has 2 fully saturated rings. The van der Waals surface area contributed by atoms with Crippen molar-refractivity contribution in [3.8, 4) is 45.5 Å². The minimum Gasteiger partial charge on any atom is -0.457 e. The summed E-state index contributed by atoms with van der Waals surface area (Å²) in [5, 5.41) is 14.7. The van der Waals surface area contributed by atoms with Crippen LogP contribution in [-0.2, 0) is 9.59 Å². The summed E-state index contributed by atoms with van der Waals surface area (Å²) < 4.78 is 16.0. The summed E-state index contributed by atoms with van der Waals surface area (Å²) in [6.07, 6.45) is 7.91. The van der Waals surface area contributed by atoms with Crippen LogP contribution in [0.2, 0.25) is 0 Å². The maximum absolute atomic E-state index is 13.9. The summed E-state index contributed by atoms with van der Waals surface area (Å²) in [7, 11) is 0. The third-order valence-corrected chi connectivity index (χ3v) is 12.2. The average molecular weight is 881 g/mol. The van der Waals surface area contributed by atoms with Crippen molar-refractivity contribution in [1.82, 2.24) is 49.3 Å². The highest BCUT2D eigenvalue weighted by Gasteiger charge is 2.30. The van der Waals surface area contributed by atoms with Crippen molar-refractivity contribution in [2.75, 3.05) is 43.8 Å². The summed E-state index contributed by atoms with van der Waals surface area (Å²) in [5.41, 5.74) is 10.7. The SMILES string of the molecule is C=CC(=O)N1CCCC(n2nc(-c3ccc(Oc4ccccc4)cc3)c3c(NC(=O)CCN4CCCC(n5nc(-c6ccc(Oc7ccccc7)cc6)c6c(N)ncnc65)C4)ncnc32)C1. The summed E-state index contributed by atoms with van der Waals surface area (Å²) in [4.78, 5) is 49.0. The molecule has 0 bridgehead atoms. The van der Waals surface area contributed by atoms with Gasteiger partial charge in [0.05, 0.1) is 22.9 Å². The van der Waals surface area contributed by atoms with Crippen LogP contribution in [0.25, 0.3) is 44.6 Å². The van der Waals surface area contributed by atoms with E-state index >= 15 is 0 Å². The molecule has 2 aliphatic heterocycles. The Morgan fingerprint density at radius 2 is 1.20 bits per heavy atom. The second-order valence-corrected chi connectivity index (χ2v) is 16.5. The number of nitrogens with one attached hydrogen (secondary N) is 1. The van der Waals surface area contributed by atoms with Gasteiger partial charge in [0.2, 0.25) is 11.8 Å². The largest absolute Gasteiger partial charge is 0.457 e. The lowest BCUT2D eigenvalue weighted by molar-refractivity contribution is -0.127. The van der Waals surface area contributed by atoms with Gasteiger partial charge < -0.3 is 30.3 Å². The quantitative estimate of drug-likeness (QED) is 0.106. The first-order chi connectivity index (χ1) is 32.4. The molecule has 8 aromatic rings. The van der Waals surface area contributed by atoms with E-state index < -0.39 is 0 Å². The van der Waals surface area contributed by atoms with Crippen molar-refractivity contribution in [3.63, 3.8) is 0 Å². The Bertz CT molecular complexity index is 3010. The van der Waals surface area contributed by atoms with Crippen molar-refractivity contribution >= 4 is 45.5 Å². The number of aromatic nitrogens is 8. The minimum absolute atomic E-state index is 0.00935. The maximum Gasteiger partial charge on any atom is 0.246 e. The van der Waals surface area contributed by atoms with Crippen LogP contribution in [0, 0.1) is 0 Å². The summed E-state index contributed by atoms with van der Waals surface area (Å²) in [6, 6.07) is 34.5. The lowest BCUT2D eigenvalue weighted by Crippen LogP contribution is -2.40. The number of para-hydroxylation sites is 2. The lowest BCUT2D eigenvalue weighted by atomic mass is 10.1. The highest BCUT2D eigenvalue weighted by atomic mass is 16.5. The zero-order chi connectivity index (χ0) is 45.0. The van der Waals surface area contributed by atoms with Crippen LogP contribution in [0.15, 0.2) is 135 Å².